The molecule has 5 heterocycles. The van der Waals surface area contributed by atoms with E-state index in [-0.39, 0.29) is 23.3 Å². The number of ether oxygens (including phenoxy) is 1. The summed E-state index contributed by atoms with van der Waals surface area (Å²) in [4.78, 5) is 24.3. The molecule has 294 valence electrons. The van der Waals surface area contributed by atoms with Gasteiger partial charge in [-0.3, -0.25) is 4.68 Å². The number of fused-ring (bicyclic) bond motifs is 2. The number of hydrogen-bond donors (Lipinski definition) is 4. The first-order chi connectivity index (χ1) is 27.2. The van der Waals surface area contributed by atoms with E-state index in [4.69, 9.17) is 24.9 Å². The fourth-order valence-electron chi connectivity index (χ4n) is 10.7. The second-order valence-electron chi connectivity index (χ2n) is 16.7. The number of aliphatic hydroxyl groups excluding tert-OH is 1. The molecule has 2 unspecified atom stereocenters. The van der Waals surface area contributed by atoms with Gasteiger partial charge in [0.05, 0.1) is 28.6 Å². The maximum Gasteiger partial charge on any atom is 0.355 e. The number of pyridine rings is 1. The molecule has 1 aliphatic heterocycles. The van der Waals surface area contributed by atoms with Crippen LogP contribution in [0, 0.1) is 31.1 Å². The maximum atomic E-state index is 12.9. The van der Waals surface area contributed by atoms with E-state index in [0.717, 1.165) is 102 Å². The molecule has 14 heteroatoms. The van der Waals surface area contributed by atoms with E-state index < -0.39 is 5.97 Å². The maximum absolute atomic E-state index is 12.9. The highest BCUT2D eigenvalue weighted by atomic mass is 32.1. The molecule has 1 aromatic carbocycles. The molecule has 5 aliphatic rings. The predicted molar refractivity (Wildman–Crippen MR) is 217 cm³/mol. The molecule has 4 fully saturated rings. The van der Waals surface area contributed by atoms with Gasteiger partial charge in [-0.25, -0.2) is 14.8 Å². The molecule has 0 spiro atoms. The lowest BCUT2D eigenvalue weighted by Gasteiger charge is -2.61. The number of nitrogens with zero attached hydrogens (tertiary/aromatic N) is 7. The topological polar surface area (TPSA) is 163 Å². The Balaban J connectivity index is 0.929. The first-order valence-corrected chi connectivity index (χ1v) is 21.0. The number of carboxylic acids is 1. The van der Waals surface area contributed by atoms with Gasteiger partial charge in [0.1, 0.15) is 5.82 Å². The summed E-state index contributed by atoms with van der Waals surface area (Å²) in [6.07, 6.45) is 12.3. The molecule has 13 nitrogen and oxygen atoms in total. The van der Waals surface area contributed by atoms with Crippen LogP contribution in [0.4, 0.5) is 22.6 Å². The van der Waals surface area contributed by atoms with E-state index in [1.165, 1.54) is 19.3 Å². The van der Waals surface area contributed by atoms with Crippen LogP contribution in [-0.4, -0.2) is 84.6 Å². The molecule has 56 heavy (non-hydrogen) atoms. The number of unbranched alkanes of at least 4 members (excludes halogenated alkanes) is 1. The minimum atomic E-state index is -1.08. The van der Waals surface area contributed by atoms with Gasteiger partial charge in [0, 0.05) is 54.2 Å². The molecule has 10 rings (SSSR count). The first kappa shape index (κ1) is 37.1. The third-order valence-electron chi connectivity index (χ3n) is 12.7. The van der Waals surface area contributed by atoms with Crippen molar-refractivity contribution in [2.24, 2.45) is 17.3 Å². The third-order valence-corrected chi connectivity index (χ3v) is 13.7. The number of anilines is 4. The standard InChI is InChI=1S/C42H51N9O4S/c1-26-30-8-7-15-50(38(30)49-48-37(26)47-40-45-33-9-3-4-10-34(33)56-40)35-12-11-31(36(46-35)39(53)54)32-23-44-51(27(32)2)25-41-19-28-18-29(20-41)22-42(21-28,24-41)55-17-14-43-13-5-6-16-52/h3-4,9-12,23,28-29,43,52H,5-8,13-22,24-25H2,1-2H3,(H,53,54)(H,45,47,48). The molecular formula is C42H51N9O4S. The zero-order valence-electron chi connectivity index (χ0n) is 32.3. The van der Waals surface area contributed by atoms with E-state index in [1.807, 2.05) is 48.4 Å². The third kappa shape index (κ3) is 7.05. The number of thiazole rings is 1. The van der Waals surface area contributed by atoms with Crippen molar-refractivity contribution >= 4 is 50.1 Å². The van der Waals surface area contributed by atoms with Crippen LogP contribution in [0.1, 0.15) is 85.1 Å². The summed E-state index contributed by atoms with van der Waals surface area (Å²) in [5.41, 5.74) is 5.38. The second-order valence-corrected chi connectivity index (χ2v) is 17.7. The second kappa shape index (κ2) is 15.1. The van der Waals surface area contributed by atoms with Crippen LogP contribution in [0.2, 0.25) is 0 Å². The van der Waals surface area contributed by atoms with E-state index in [2.05, 4.69) is 38.5 Å². The Labute approximate surface area is 330 Å². The molecule has 4 aliphatic carbocycles. The molecule has 4 aromatic heterocycles. The molecule has 0 radical (unpaired) electrons. The molecule has 4 N–H and O–H groups in total. The Morgan fingerprint density at radius 2 is 1.86 bits per heavy atom. The van der Waals surface area contributed by atoms with Gasteiger partial charge in [-0.05, 0) is 126 Å². The van der Waals surface area contributed by atoms with Crippen LogP contribution in [-0.2, 0) is 17.7 Å². The summed E-state index contributed by atoms with van der Waals surface area (Å²) in [6, 6.07) is 11.8. The van der Waals surface area contributed by atoms with Crippen LogP contribution in [0.3, 0.4) is 0 Å². The van der Waals surface area contributed by atoms with E-state index >= 15 is 0 Å². The number of hydrogen-bond acceptors (Lipinski definition) is 12. The van der Waals surface area contributed by atoms with Crippen molar-refractivity contribution in [2.45, 2.75) is 90.2 Å². The fourth-order valence-corrected chi connectivity index (χ4v) is 11.5. The van der Waals surface area contributed by atoms with Gasteiger partial charge < -0.3 is 30.5 Å². The largest absolute Gasteiger partial charge is 0.476 e. The highest BCUT2D eigenvalue weighted by Gasteiger charge is 2.58. The summed E-state index contributed by atoms with van der Waals surface area (Å²) in [7, 11) is 0. The smallest absolute Gasteiger partial charge is 0.355 e. The lowest BCUT2D eigenvalue weighted by molar-refractivity contribution is -0.196. The Kier molecular flexibility index (Phi) is 10.0. The van der Waals surface area contributed by atoms with Gasteiger partial charge in [-0.1, -0.05) is 23.5 Å². The lowest BCUT2D eigenvalue weighted by atomic mass is 9.48. The fraction of sp³-hybridized carbons (Fsp3) is 0.524. The highest BCUT2D eigenvalue weighted by Crippen LogP contribution is 2.63. The Morgan fingerprint density at radius 3 is 2.66 bits per heavy atom. The molecule has 5 aromatic rings. The normalized spacial score (nSPS) is 23.9. The van der Waals surface area contributed by atoms with Crippen molar-refractivity contribution in [3.05, 3.63) is 65.1 Å². The number of carbonyl (C=O) groups is 1. The summed E-state index contributed by atoms with van der Waals surface area (Å²) in [6.45, 7) is 8.25. The predicted octanol–water partition coefficient (Wildman–Crippen LogP) is 7.21. The molecule has 0 amide bonds. The van der Waals surface area contributed by atoms with Crippen molar-refractivity contribution < 1.29 is 19.7 Å². The summed E-state index contributed by atoms with van der Waals surface area (Å²) < 4.78 is 9.97. The number of aromatic nitrogens is 6. The number of para-hydroxylation sites is 1. The number of nitrogens with one attached hydrogen (secondary N) is 2. The van der Waals surface area contributed by atoms with Crippen molar-refractivity contribution in [3.8, 4) is 11.1 Å². The van der Waals surface area contributed by atoms with Crippen LogP contribution < -0.4 is 15.5 Å². The van der Waals surface area contributed by atoms with Gasteiger partial charge in [0.15, 0.2) is 22.5 Å². The average molecular weight is 778 g/mol. The van der Waals surface area contributed by atoms with Gasteiger partial charge in [0.25, 0.3) is 0 Å². The Bertz CT molecular complexity index is 2210. The number of rotatable bonds is 15. The zero-order valence-corrected chi connectivity index (χ0v) is 33.1. The summed E-state index contributed by atoms with van der Waals surface area (Å²) in [5, 5.41) is 41.3. The van der Waals surface area contributed by atoms with Crippen molar-refractivity contribution in [3.63, 3.8) is 0 Å². The molecule has 4 saturated carbocycles. The van der Waals surface area contributed by atoms with E-state index in [0.29, 0.717) is 48.0 Å². The van der Waals surface area contributed by atoms with E-state index in [9.17, 15) is 9.90 Å². The van der Waals surface area contributed by atoms with Crippen molar-refractivity contribution in [2.75, 3.05) is 43.1 Å². The van der Waals surface area contributed by atoms with Crippen LogP contribution in [0.5, 0.6) is 0 Å². The van der Waals surface area contributed by atoms with Crippen LogP contribution >= 0.6 is 11.3 Å². The van der Waals surface area contributed by atoms with Gasteiger partial charge in [-0.15, -0.1) is 10.2 Å². The summed E-state index contributed by atoms with van der Waals surface area (Å²) in [5.74, 6) is 2.18. The lowest BCUT2D eigenvalue weighted by Crippen LogP contribution is -2.58. The van der Waals surface area contributed by atoms with Crippen molar-refractivity contribution in [1.82, 2.24) is 35.3 Å². The number of aromatic carboxylic acids is 1. The minimum Gasteiger partial charge on any atom is -0.476 e. The molecule has 4 bridgehead atoms. The molecular weight excluding hydrogens is 727 g/mol. The molecule has 2 atom stereocenters. The van der Waals surface area contributed by atoms with Gasteiger partial charge >= 0.3 is 5.97 Å². The first-order valence-electron chi connectivity index (χ1n) is 20.2. The minimum absolute atomic E-state index is 0.00297. The SMILES string of the molecule is Cc1c(Nc2nc3ccccc3s2)nnc2c1CCCN2c1ccc(-c2cnn(CC34CC5CC(C3)CC(OCCNCCCCO)(C5)C4)c2C)c(C(=O)O)n1. The number of aliphatic hydroxyl groups is 1. The van der Waals surface area contributed by atoms with Crippen molar-refractivity contribution in [1.29, 1.82) is 0 Å². The highest BCUT2D eigenvalue weighted by molar-refractivity contribution is 7.22. The average Bonchev–Trinajstić information content (AvgIpc) is 3.76. The number of benzene rings is 1. The van der Waals surface area contributed by atoms with E-state index in [1.54, 1.807) is 11.3 Å². The van der Waals surface area contributed by atoms with Crippen LogP contribution in [0.15, 0.2) is 42.6 Å². The van der Waals surface area contributed by atoms with Crippen LogP contribution in [0.25, 0.3) is 21.3 Å². The Morgan fingerprint density at radius 1 is 1.02 bits per heavy atom. The zero-order chi connectivity index (χ0) is 38.4. The molecule has 0 saturated heterocycles. The Hall–Kier alpha value is -4.50. The quantitative estimate of drug-likeness (QED) is 0.0792. The van der Waals surface area contributed by atoms with Gasteiger partial charge in [-0.2, -0.15) is 5.10 Å². The number of carboxylic acid groups (broad SMARTS) is 1. The summed E-state index contributed by atoms with van der Waals surface area (Å²) >= 11 is 1.58. The van der Waals surface area contributed by atoms with Gasteiger partial charge in [0.2, 0.25) is 0 Å². The monoisotopic (exact) mass is 777 g/mol.